The Balaban J connectivity index is 1.84. The minimum Gasteiger partial charge on any atom is -0.481 e. The highest BCUT2D eigenvalue weighted by atomic mass is 16.6. The number of rotatable bonds is 7. The number of ether oxygens (including phenoxy) is 2. The number of anilines is 2. The molecule has 3 rings (SSSR count). The summed E-state index contributed by atoms with van der Waals surface area (Å²) < 4.78 is 10.7. The van der Waals surface area contributed by atoms with Gasteiger partial charge in [-0.25, -0.2) is 0 Å². The van der Waals surface area contributed by atoms with Crippen LogP contribution in [0.25, 0.3) is 0 Å². The Hall–Kier alpha value is -3.13. The lowest BCUT2D eigenvalue weighted by atomic mass is 10.1. The molecule has 26 heavy (non-hydrogen) atoms. The number of benzene rings is 2. The maximum atomic E-state index is 11.5. The third-order valence-electron chi connectivity index (χ3n) is 3.98. The summed E-state index contributed by atoms with van der Waals surface area (Å²) in [7, 11) is 0. The third kappa shape index (κ3) is 3.92. The number of nitrogens with one attached hydrogen (secondary N) is 2. The van der Waals surface area contributed by atoms with Gasteiger partial charge in [-0.15, -0.1) is 0 Å². The van der Waals surface area contributed by atoms with Crippen LogP contribution >= 0.6 is 0 Å². The number of amides is 1. The van der Waals surface area contributed by atoms with E-state index < -0.39 is 4.92 Å². The fourth-order valence-electron chi connectivity index (χ4n) is 2.68. The second-order valence-corrected chi connectivity index (χ2v) is 5.72. The van der Waals surface area contributed by atoms with Crippen LogP contribution in [0, 0.1) is 10.1 Å². The number of carbonyl (C=O) groups excluding carboxylic acids is 1. The molecule has 0 aromatic heterocycles. The summed E-state index contributed by atoms with van der Waals surface area (Å²) in [6.45, 7) is 3.25. The van der Waals surface area contributed by atoms with Crippen LogP contribution in [0.4, 0.5) is 17.1 Å². The monoisotopic (exact) mass is 357 g/mol. The summed E-state index contributed by atoms with van der Waals surface area (Å²) in [5, 5.41) is 17.1. The number of nitrogens with zero attached hydrogens (tertiary/aromatic N) is 1. The Kier molecular flexibility index (Phi) is 5.33. The van der Waals surface area contributed by atoms with Gasteiger partial charge in [-0.2, -0.15) is 0 Å². The van der Waals surface area contributed by atoms with Crippen molar-refractivity contribution < 1.29 is 19.2 Å². The van der Waals surface area contributed by atoms with Crippen molar-refractivity contribution in [2.45, 2.75) is 20.1 Å². The summed E-state index contributed by atoms with van der Waals surface area (Å²) in [5.41, 5.74) is 2.61. The van der Waals surface area contributed by atoms with Crippen molar-refractivity contribution in [3.63, 3.8) is 0 Å². The molecule has 1 heterocycles. The summed E-state index contributed by atoms with van der Waals surface area (Å²) in [6, 6.07) is 10.6. The molecule has 0 bridgehead atoms. The minimum atomic E-state index is -0.478. The first-order chi connectivity index (χ1) is 12.6. The predicted octanol–water partition coefficient (Wildman–Crippen LogP) is 3.07. The van der Waals surface area contributed by atoms with E-state index in [1.165, 1.54) is 12.1 Å². The molecular weight excluding hydrogens is 338 g/mol. The average Bonchev–Trinajstić information content (AvgIpc) is 2.64. The molecule has 2 N–H and O–H groups in total. The molecule has 0 unspecified atom stereocenters. The van der Waals surface area contributed by atoms with E-state index in [0.717, 1.165) is 11.1 Å². The highest BCUT2D eigenvalue weighted by Gasteiger charge is 2.23. The van der Waals surface area contributed by atoms with Crippen LogP contribution in [0.15, 0.2) is 36.4 Å². The lowest BCUT2D eigenvalue weighted by Gasteiger charge is -2.19. The first-order valence-corrected chi connectivity index (χ1v) is 8.22. The van der Waals surface area contributed by atoms with Crippen LogP contribution in [0.2, 0.25) is 0 Å². The summed E-state index contributed by atoms with van der Waals surface area (Å²) in [5.74, 6) is -0.00189. The molecule has 0 spiro atoms. The van der Waals surface area contributed by atoms with E-state index in [2.05, 4.69) is 10.6 Å². The van der Waals surface area contributed by atoms with Crippen LogP contribution in [0.5, 0.6) is 5.75 Å². The zero-order valence-corrected chi connectivity index (χ0v) is 14.3. The average molecular weight is 357 g/mol. The third-order valence-corrected chi connectivity index (χ3v) is 3.98. The predicted molar refractivity (Wildman–Crippen MR) is 96.3 cm³/mol. The van der Waals surface area contributed by atoms with Gasteiger partial charge >= 0.3 is 0 Å². The molecule has 1 aliphatic heterocycles. The normalized spacial score (nSPS) is 12.7. The number of hydrogen-bond donors (Lipinski definition) is 2. The Bertz CT molecular complexity index is 838. The Labute approximate surface area is 150 Å². The molecule has 0 saturated heterocycles. The number of nitro benzene ring substituents is 1. The Morgan fingerprint density at radius 1 is 1.31 bits per heavy atom. The van der Waals surface area contributed by atoms with Crippen molar-refractivity contribution in [1.29, 1.82) is 0 Å². The SMILES string of the molecule is CCOCc1ccccc1CNc1cc2c(cc1[N+](=O)[O-])OCC(=O)N2. The molecule has 1 aliphatic rings. The summed E-state index contributed by atoms with van der Waals surface area (Å²) in [4.78, 5) is 22.4. The molecule has 2 aromatic rings. The molecular formula is C18H19N3O5. The summed E-state index contributed by atoms with van der Waals surface area (Å²) >= 11 is 0. The van der Waals surface area contributed by atoms with Crippen LogP contribution in [-0.4, -0.2) is 24.0 Å². The van der Waals surface area contributed by atoms with E-state index >= 15 is 0 Å². The standard InChI is InChI=1S/C18H19N3O5/c1-2-25-10-13-6-4-3-5-12(13)9-19-14-7-15-17(8-16(14)21(23)24)26-11-18(22)20-15/h3-8,19H,2,9-11H2,1H3,(H,20,22). The van der Waals surface area contributed by atoms with Gasteiger partial charge < -0.3 is 20.1 Å². The largest absolute Gasteiger partial charge is 0.481 e. The molecule has 1 amide bonds. The molecule has 0 saturated carbocycles. The molecule has 8 heteroatoms. The zero-order valence-electron chi connectivity index (χ0n) is 14.3. The zero-order chi connectivity index (χ0) is 18.5. The fourth-order valence-corrected chi connectivity index (χ4v) is 2.68. The van der Waals surface area contributed by atoms with Gasteiger partial charge in [0.1, 0.15) is 5.69 Å². The van der Waals surface area contributed by atoms with Crippen LogP contribution < -0.4 is 15.4 Å². The van der Waals surface area contributed by atoms with E-state index in [0.29, 0.717) is 36.9 Å². The number of fused-ring (bicyclic) bond motifs is 1. The van der Waals surface area contributed by atoms with Gasteiger partial charge in [-0.1, -0.05) is 24.3 Å². The maximum absolute atomic E-state index is 11.5. The molecule has 0 aliphatic carbocycles. The first-order valence-electron chi connectivity index (χ1n) is 8.22. The molecule has 0 radical (unpaired) electrons. The molecule has 136 valence electrons. The topological polar surface area (TPSA) is 103 Å². The van der Waals surface area contributed by atoms with Crippen molar-refractivity contribution in [3.05, 3.63) is 57.6 Å². The van der Waals surface area contributed by atoms with E-state index in [9.17, 15) is 14.9 Å². The van der Waals surface area contributed by atoms with Crippen LogP contribution in [0.1, 0.15) is 18.1 Å². The van der Waals surface area contributed by atoms with Gasteiger partial charge in [-0.05, 0) is 24.1 Å². The lowest BCUT2D eigenvalue weighted by Crippen LogP contribution is -2.25. The van der Waals surface area contributed by atoms with Gasteiger partial charge in [0, 0.05) is 13.2 Å². The number of carbonyl (C=O) groups is 1. The van der Waals surface area contributed by atoms with Crippen LogP contribution in [-0.2, 0) is 22.7 Å². The first kappa shape index (κ1) is 17.7. The minimum absolute atomic E-state index is 0.109. The Morgan fingerprint density at radius 3 is 2.81 bits per heavy atom. The number of hydrogen-bond acceptors (Lipinski definition) is 6. The van der Waals surface area contributed by atoms with Crippen molar-refractivity contribution in [3.8, 4) is 5.75 Å². The van der Waals surface area contributed by atoms with Gasteiger partial charge in [0.25, 0.3) is 11.6 Å². The van der Waals surface area contributed by atoms with Crippen molar-refractivity contribution >= 4 is 23.0 Å². The molecule has 8 nitrogen and oxygen atoms in total. The van der Waals surface area contributed by atoms with Gasteiger partial charge in [0.05, 0.1) is 23.3 Å². The van der Waals surface area contributed by atoms with Gasteiger partial charge in [0.15, 0.2) is 12.4 Å². The highest BCUT2D eigenvalue weighted by Crippen LogP contribution is 2.38. The van der Waals surface area contributed by atoms with Gasteiger partial charge in [-0.3, -0.25) is 14.9 Å². The van der Waals surface area contributed by atoms with Crippen molar-refractivity contribution in [1.82, 2.24) is 0 Å². The smallest absolute Gasteiger partial charge is 0.296 e. The Morgan fingerprint density at radius 2 is 2.08 bits per heavy atom. The second-order valence-electron chi connectivity index (χ2n) is 5.72. The van der Waals surface area contributed by atoms with Crippen molar-refractivity contribution in [2.75, 3.05) is 23.8 Å². The van der Waals surface area contributed by atoms with Crippen LogP contribution in [0.3, 0.4) is 0 Å². The summed E-state index contributed by atoms with van der Waals surface area (Å²) in [6.07, 6.45) is 0. The molecule has 0 fully saturated rings. The van der Waals surface area contributed by atoms with Crippen molar-refractivity contribution in [2.24, 2.45) is 0 Å². The molecule has 2 aromatic carbocycles. The quantitative estimate of drug-likeness (QED) is 0.583. The molecule has 0 atom stereocenters. The van der Waals surface area contributed by atoms with E-state index in [1.807, 2.05) is 31.2 Å². The van der Waals surface area contributed by atoms with Gasteiger partial charge in [0.2, 0.25) is 0 Å². The lowest BCUT2D eigenvalue weighted by molar-refractivity contribution is -0.384. The van der Waals surface area contributed by atoms with E-state index in [4.69, 9.17) is 9.47 Å². The maximum Gasteiger partial charge on any atom is 0.296 e. The van der Waals surface area contributed by atoms with E-state index in [1.54, 1.807) is 0 Å². The fraction of sp³-hybridized carbons (Fsp3) is 0.278. The number of nitro groups is 1. The van der Waals surface area contributed by atoms with E-state index in [-0.39, 0.29) is 18.2 Å². The second kappa shape index (κ2) is 7.83. The highest BCUT2D eigenvalue weighted by molar-refractivity contribution is 5.96.